The van der Waals surface area contributed by atoms with Crippen molar-refractivity contribution in [3.8, 4) is 0 Å². The third-order valence-corrected chi connectivity index (χ3v) is 11.4. The molecule has 100 valence electrons. The van der Waals surface area contributed by atoms with Crippen molar-refractivity contribution in [2.24, 2.45) is 5.41 Å². The quantitative estimate of drug-likeness (QED) is 0.541. The van der Waals surface area contributed by atoms with Gasteiger partial charge in [-0.3, -0.25) is 0 Å². The van der Waals surface area contributed by atoms with Crippen molar-refractivity contribution < 1.29 is 4.90 Å². The van der Waals surface area contributed by atoms with E-state index in [1.807, 2.05) is 0 Å². The summed E-state index contributed by atoms with van der Waals surface area (Å²) in [5.41, 5.74) is 0.265. The van der Waals surface area contributed by atoms with Crippen molar-refractivity contribution in [1.82, 2.24) is 4.90 Å². The van der Waals surface area contributed by atoms with E-state index in [1.54, 1.807) is 4.90 Å². The number of likely N-dealkylation sites (N-methyl/N-ethyl adjacent to an activating group) is 1. The molecular weight excluding hydrogens is 347 g/mol. The van der Waals surface area contributed by atoms with Crippen molar-refractivity contribution in [2.75, 3.05) is 38.2 Å². The van der Waals surface area contributed by atoms with Gasteiger partial charge >= 0.3 is 118 Å². The van der Waals surface area contributed by atoms with Gasteiger partial charge in [-0.1, -0.05) is 0 Å². The Kier molecular flexibility index (Phi) is 4.44. The standard InChI is InChI=1S/C13H24ClIN2/c1-13(2)11(5-6-15(3)12(13)14)17-9-7-16(4)8-10-17/h5-6,11-12H,7-10H2,1-4H3/p+1. The van der Waals surface area contributed by atoms with Gasteiger partial charge in [0.25, 0.3) is 0 Å². The molecule has 2 unspecified atom stereocenters. The van der Waals surface area contributed by atoms with Crippen molar-refractivity contribution in [2.45, 2.75) is 23.3 Å². The summed E-state index contributed by atoms with van der Waals surface area (Å²) in [5, 5.41) is 0. The van der Waals surface area contributed by atoms with Crippen LogP contribution in [0, 0.1) is 5.41 Å². The SMILES string of the molecule is CN1CC[NH+](C2C=CI(C)C(Cl)C2(C)C)CC1. The second-order valence-electron chi connectivity index (χ2n) is 5.94. The van der Waals surface area contributed by atoms with Gasteiger partial charge in [0.2, 0.25) is 0 Å². The first-order valence-electron chi connectivity index (χ1n) is 6.35. The van der Waals surface area contributed by atoms with E-state index in [0.29, 0.717) is 9.43 Å². The first-order valence-corrected chi connectivity index (χ1v) is 11.4. The van der Waals surface area contributed by atoms with E-state index >= 15 is 0 Å². The van der Waals surface area contributed by atoms with Gasteiger partial charge in [-0.2, -0.15) is 0 Å². The fourth-order valence-corrected chi connectivity index (χ4v) is 7.82. The maximum atomic E-state index is 6.70. The van der Waals surface area contributed by atoms with Crippen LogP contribution in [0.3, 0.4) is 0 Å². The second kappa shape index (κ2) is 5.35. The molecule has 2 aliphatic heterocycles. The number of halogens is 2. The van der Waals surface area contributed by atoms with Gasteiger partial charge in [0.1, 0.15) is 0 Å². The first-order chi connectivity index (χ1) is 7.93. The summed E-state index contributed by atoms with van der Waals surface area (Å²) in [6.07, 6.45) is 2.49. The number of nitrogens with one attached hydrogen (secondary N) is 1. The predicted octanol–water partition coefficient (Wildman–Crippen LogP) is 1.44. The van der Waals surface area contributed by atoms with Gasteiger partial charge in [0.15, 0.2) is 0 Å². The Bertz CT molecular complexity index is 298. The summed E-state index contributed by atoms with van der Waals surface area (Å²) in [6, 6.07) is 0.618. The Morgan fingerprint density at radius 1 is 1.35 bits per heavy atom. The van der Waals surface area contributed by atoms with E-state index in [2.05, 4.69) is 40.9 Å². The molecule has 1 N–H and O–H groups in total. The zero-order valence-electron chi connectivity index (χ0n) is 11.3. The van der Waals surface area contributed by atoms with Gasteiger partial charge in [-0.25, -0.2) is 0 Å². The molecule has 0 amide bonds. The number of rotatable bonds is 1. The Morgan fingerprint density at radius 2 is 1.94 bits per heavy atom. The molecule has 0 aliphatic carbocycles. The fourth-order valence-electron chi connectivity index (χ4n) is 2.96. The minimum absolute atomic E-state index is 0.265. The van der Waals surface area contributed by atoms with E-state index in [1.165, 1.54) is 26.2 Å². The molecule has 0 aromatic carbocycles. The topological polar surface area (TPSA) is 7.68 Å². The second-order valence-corrected chi connectivity index (χ2v) is 12.3. The molecular formula is C13H25ClIN2+. The Labute approximate surface area is 118 Å². The zero-order valence-corrected chi connectivity index (χ0v) is 14.3. The van der Waals surface area contributed by atoms with Crippen LogP contribution < -0.4 is 4.90 Å². The van der Waals surface area contributed by atoms with Gasteiger partial charge < -0.3 is 0 Å². The summed E-state index contributed by atoms with van der Waals surface area (Å²) in [7, 11) is 2.22. The summed E-state index contributed by atoms with van der Waals surface area (Å²) in [4.78, 5) is 6.55. The molecule has 2 nitrogen and oxygen atoms in total. The number of nitrogens with zero attached hydrogens (tertiary/aromatic N) is 1. The summed E-state index contributed by atoms with van der Waals surface area (Å²) >= 11 is 5.67. The molecule has 0 saturated carbocycles. The van der Waals surface area contributed by atoms with Crippen molar-refractivity contribution in [3.05, 3.63) is 10.2 Å². The van der Waals surface area contributed by atoms with Crippen LogP contribution in [-0.4, -0.2) is 52.5 Å². The van der Waals surface area contributed by atoms with Gasteiger partial charge in [-0.15, -0.1) is 0 Å². The third kappa shape index (κ3) is 2.82. The van der Waals surface area contributed by atoms with Crippen molar-refractivity contribution in [3.63, 3.8) is 0 Å². The summed E-state index contributed by atoms with van der Waals surface area (Å²) in [5.74, 6) is 0. The van der Waals surface area contributed by atoms with E-state index in [0.717, 1.165) is 0 Å². The first kappa shape index (κ1) is 14.1. The molecule has 0 aromatic rings. The summed E-state index contributed by atoms with van der Waals surface area (Å²) in [6.45, 7) is 9.71. The van der Waals surface area contributed by atoms with Crippen molar-refractivity contribution >= 4 is 31.4 Å². The van der Waals surface area contributed by atoms with Crippen molar-refractivity contribution in [1.29, 1.82) is 0 Å². The molecule has 0 bridgehead atoms. The molecule has 2 heterocycles. The Morgan fingerprint density at radius 3 is 2.53 bits per heavy atom. The van der Waals surface area contributed by atoms with Crippen LogP contribution in [0.5, 0.6) is 0 Å². The van der Waals surface area contributed by atoms with Crippen LogP contribution in [0.4, 0.5) is 0 Å². The van der Waals surface area contributed by atoms with E-state index in [9.17, 15) is 0 Å². The number of hydrogen-bond donors (Lipinski definition) is 1. The number of piperazine rings is 1. The molecule has 0 aromatic heterocycles. The van der Waals surface area contributed by atoms with Gasteiger partial charge in [-0.05, 0) is 0 Å². The van der Waals surface area contributed by atoms with E-state index < -0.39 is 19.8 Å². The van der Waals surface area contributed by atoms with Crippen LogP contribution >= 0.6 is 31.4 Å². The Hall–Kier alpha value is 0.680. The number of quaternary nitrogens is 1. The molecule has 17 heavy (non-hydrogen) atoms. The fraction of sp³-hybridized carbons (Fsp3) is 0.846. The van der Waals surface area contributed by atoms with Gasteiger partial charge in [0.05, 0.1) is 0 Å². The van der Waals surface area contributed by atoms with Crippen LogP contribution in [0.1, 0.15) is 13.8 Å². The van der Waals surface area contributed by atoms with E-state index in [4.69, 9.17) is 11.6 Å². The molecule has 2 atom stereocenters. The minimum atomic E-state index is -1.03. The Balaban J connectivity index is 2.12. The molecule has 2 aliphatic rings. The van der Waals surface area contributed by atoms with E-state index in [-0.39, 0.29) is 5.41 Å². The predicted molar refractivity (Wildman–Crippen MR) is 84.5 cm³/mol. The maximum absolute atomic E-state index is 6.70. The third-order valence-electron chi connectivity index (χ3n) is 4.20. The average molecular weight is 372 g/mol. The molecule has 4 heteroatoms. The normalized spacial score (nSPS) is 37.4. The molecule has 1 saturated heterocycles. The molecule has 0 spiro atoms. The van der Waals surface area contributed by atoms with Crippen LogP contribution in [-0.2, 0) is 0 Å². The average Bonchev–Trinajstić information content (AvgIpc) is 2.28. The molecule has 0 radical (unpaired) electrons. The van der Waals surface area contributed by atoms with Crippen LogP contribution in [0.15, 0.2) is 10.2 Å². The monoisotopic (exact) mass is 371 g/mol. The number of hydrogen-bond acceptors (Lipinski definition) is 1. The molecule has 2 rings (SSSR count). The number of alkyl halides is 3. The van der Waals surface area contributed by atoms with Gasteiger partial charge in [0, 0.05) is 0 Å². The summed E-state index contributed by atoms with van der Waals surface area (Å²) < 4.78 is 2.89. The molecule has 1 fully saturated rings. The van der Waals surface area contributed by atoms with Crippen LogP contribution in [0.25, 0.3) is 0 Å². The van der Waals surface area contributed by atoms with Crippen LogP contribution in [0.2, 0.25) is 0 Å². The zero-order chi connectivity index (χ0) is 12.6.